The summed E-state index contributed by atoms with van der Waals surface area (Å²) >= 11 is 0. The summed E-state index contributed by atoms with van der Waals surface area (Å²) in [5.74, 6) is -3.00. The predicted molar refractivity (Wildman–Crippen MR) is 67.2 cm³/mol. The Kier molecular flexibility index (Phi) is 3.60. The van der Waals surface area contributed by atoms with E-state index < -0.39 is 17.8 Å². The van der Waals surface area contributed by atoms with Gasteiger partial charge < -0.3 is 15.5 Å². The molecule has 0 aliphatic carbocycles. The summed E-state index contributed by atoms with van der Waals surface area (Å²) in [5, 5.41) is 20.7. The third-order valence-electron chi connectivity index (χ3n) is 2.48. The minimum absolute atomic E-state index is 0.00220. The van der Waals surface area contributed by atoms with Crippen LogP contribution < -0.4 is 5.32 Å². The highest BCUT2D eigenvalue weighted by Crippen LogP contribution is 2.24. The van der Waals surface area contributed by atoms with E-state index in [4.69, 9.17) is 5.11 Å². The van der Waals surface area contributed by atoms with Gasteiger partial charge in [-0.05, 0) is 24.3 Å². The molecule has 6 nitrogen and oxygen atoms in total. The van der Waals surface area contributed by atoms with Gasteiger partial charge in [0.15, 0.2) is 0 Å². The van der Waals surface area contributed by atoms with Crippen molar-refractivity contribution in [3.8, 4) is 5.75 Å². The number of amides is 1. The molecule has 2 aromatic rings. The molecule has 1 amide bonds. The fourth-order valence-electron chi connectivity index (χ4n) is 1.51. The molecule has 0 saturated heterocycles. The zero-order valence-electron chi connectivity index (χ0n) is 10.0. The summed E-state index contributed by atoms with van der Waals surface area (Å²) in [7, 11) is 0. The summed E-state index contributed by atoms with van der Waals surface area (Å²) in [4.78, 5) is 26.0. The van der Waals surface area contributed by atoms with Crippen molar-refractivity contribution in [2.45, 2.75) is 0 Å². The number of carboxylic acids is 1. The number of rotatable bonds is 3. The molecule has 102 valence electrons. The topological polar surface area (TPSA) is 99.5 Å². The molecule has 0 unspecified atom stereocenters. The monoisotopic (exact) mass is 276 g/mol. The fourth-order valence-corrected chi connectivity index (χ4v) is 1.51. The number of anilines is 1. The molecule has 0 fully saturated rings. The number of nitrogens with one attached hydrogen (secondary N) is 1. The molecule has 20 heavy (non-hydrogen) atoms. The number of nitrogens with zero attached hydrogens (tertiary/aromatic N) is 1. The van der Waals surface area contributed by atoms with Crippen LogP contribution in [0, 0.1) is 5.95 Å². The van der Waals surface area contributed by atoms with Crippen LogP contribution in [0.1, 0.15) is 20.7 Å². The van der Waals surface area contributed by atoms with Gasteiger partial charge in [-0.25, -0.2) is 9.78 Å². The summed E-state index contributed by atoms with van der Waals surface area (Å²) < 4.78 is 12.9. The first-order valence-corrected chi connectivity index (χ1v) is 5.46. The lowest BCUT2D eigenvalue weighted by Gasteiger charge is -2.08. The fraction of sp³-hybridized carbons (Fsp3) is 0. The van der Waals surface area contributed by atoms with Gasteiger partial charge in [-0.2, -0.15) is 4.39 Å². The molecule has 0 atom stereocenters. The van der Waals surface area contributed by atoms with Gasteiger partial charge in [0.1, 0.15) is 5.75 Å². The Hall–Kier alpha value is -2.96. The molecule has 0 radical (unpaired) electrons. The van der Waals surface area contributed by atoms with Crippen molar-refractivity contribution in [1.29, 1.82) is 0 Å². The van der Waals surface area contributed by atoms with E-state index in [0.717, 1.165) is 24.4 Å². The average molecular weight is 276 g/mol. The molecular formula is C13H9FN2O4. The highest BCUT2D eigenvalue weighted by Gasteiger charge is 2.12. The molecule has 2 rings (SSSR count). The van der Waals surface area contributed by atoms with Crippen LogP contribution in [0.5, 0.6) is 5.75 Å². The van der Waals surface area contributed by atoms with Crippen LogP contribution in [-0.2, 0) is 0 Å². The third-order valence-corrected chi connectivity index (χ3v) is 2.48. The summed E-state index contributed by atoms with van der Waals surface area (Å²) in [6.45, 7) is 0. The second-order valence-corrected chi connectivity index (χ2v) is 3.86. The second-order valence-electron chi connectivity index (χ2n) is 3.86. The van der Waals surface area contributed by atoms with Crippen molar-refractivity contribution in [1.82, 2.24) is 4.98 Å². The van der Waals surface area contributed by atoms with Crippen LogP contribution in [0.2, 0.25) is 0 Å². The number of aromatic hydroxyl groups is 1. The van der Waals surface area contributed by atoms with Crippen molar-refractivity contribution < 1.29 is 24.2 Å². The number of aromatic nitrogens is 1. The molecule has 0 bridgehead atoms. The Bertz CT molecular complexity index is 688. The SMILES string of the molecule is O=C(O)c1ccc(O)c(NC(=O)c2ccnc(F)c2)c1. The van der Waals surface area contributed by atoms with Crippen molar-refractivity contribution in [2.24, 2.45) is 0 Å². The predicted octanol–water partition coefficient (Wildman–Crippen LogP) is 1.88. The Labute approximate surface area is 112 Å². The number of carboxylic acid groups (broad SMARTS) is 1. The lowest BCUT2D eigenvalue weighted by atomic mass is 10.1. The van der Waals surface area contributed by atoms with Gasteiger partial charge in [-0.15, -0.1) is 0 Å². The molecule has 1 aromatic carbocycles. The zero-order valence-corrected chi connectivity index (χ0v) is 10.0. The maximum atomic E-state index is 12.9. The van der Waals surface area contributed by atoms with Gasteiger partial charge in [0.05, 0.1) is 11.3 Å². The van der Waals surface area contributed by atoms with Gasteiger partial charge in [-0.3, -0.25) is 4.79 Å². The highest BCUT2D eigenvalue weighted by molar-refractivity contribution is 6.05. The highest BCUT2D eigenvalue weighted by atomic mass is 19.1. The van der Waals surface area contributed by atoms with Crippen LogP contribution in [0.3, 0.4) is 0 Å². The number of phenolic OH excluding ortho intramolecular Hbond substituents is 1. The Balaban J connectivity index is 2.27. The molecule has 1 heterocycles. The van der Waals surface area contributed by atoms with Crippen molar-refractivity contribution >= 4 is 17.6 Å². The van der Waals surface area contributed by atoms with Gasteiger partial charge in [0.2, 0.25) is 5.95 Å². The standard InChI is InChI=1S/C13H9FN2O4/c14-11-6-7(3-4-15-11)12(18)16-9-5-8(13(19)20)1-2-10(9)17/h1-6,17H,(H,16,18)(H,19,20). The van der Waals surface area contributed by atoms with Crippen molar-refractivity contribution in [3.63, 3.8) is 0 Å². The minimum Gasteiger partial charge on any atom is -0.506 e. The molecule has 0 aliphatic rings. The molecule has 0 spiro atoms. The number of halogens is 1. The summed E-state index contributed by atoms with van der Waals surface area (Å²) in [6, 6.07) is 5.66. The van der Waals surface area contributed by atoms with E-state index in [1.807, 2.05) is 0 Å². The quantitative estimate of drug-likeness (QED) is 0.587. The smallest absolute Gasteiger partial charge is 0.335 e. The second kappa shape index (κ2) is 5.35. The van der Waals surface area contributed by atoms with Crippen LogP contribution in [0.15, 0.2) is 36.5 Å². The number of carbonyl (C=O) groups is 2. The maximum Gasteiger partial charge on any atom is 0.335 e. The molecular weight excluding hydrogens is 267 g/mol. The van der Waals surface area contributed by atoms with Gasteiger partial charge in [0.25, 0.3) is 5.91 Å². The van der Waals surface area contributed by atoms with Crippen LogP contribution in [0.4, 0.5) is 10.1 Å². The minimum atomic E-state index is -1.20. The first-order valence-electron chi connectivity index (χ1n) is 5.46. The number of hydrogen-bond acceptors (Lipinski definition) is 4. The Morgan fingerprint density at radius 1 is 1.15 bits per heavy atom. The van der Waals surface area contributed by atoms with Crippen LogP contribution >= 0.6 is 0 Å². The summed E-state index contributed by atoms with van der Waals surface area (Å²) in [6.07, 6.45) is 1.12. The first-order chi connectivity index (χ1) is 9.47. The van der Waals surface area contributed by atoms with Gasteiger partial charge in [-0.1, -0.05) is 0 Å². The maximum absolute atomic E-state index is 12.9. The number of hydrogen-bond donors (Lipinski definition) is 3. The van der Waals surface area contributed by atoms with Crippen molar-refractivity contribution in [2.75, 3.05) is 5.32 Å². The third kappa shape index (κ3) is 2.89. The Morgan fingerprint density at radius 2 is 1.90 bits per heavy atom. The van der Waals surface area contributed by atoms with E-state index in [0.29, 0.717) is 0 Å². The van der Waals surface area contributed by atoms with E-state index in [1.165, 1.54) is 12.1 Å². The van der Waals surface area contributed by atoms with E-state index in [1.54, 1.807) is 0 Å². The lowest BCUT2D eigenvalue weighted by Crippen LogP contribution is -2.13. The first kappa shape index (κ1) is 13.5. The van der Waals surface area contributed by atoms with E-state index in [9.17, 15) is 19.1 Å². The molecule has 7 heteroatoms. The molecule has 0 saturated carbocycles. The number of aromatic carboxylic acids is 1. The normalized spacial score (nSPS) is 10.1. The molecule has 1 aromatic heterocycles. The Morgan fingerprint density at radius 3 is 2.55 bits per heavy atom. The molecule has 3 N–H and O–H groups in total. The van der Waals surface area contributed by atoms with Gasteiger partial charge in [0, 0.05) is 17.8 Å². The summed E-state index contributed by atoms with van der Waals surface area (Å²) in [5.41, 5.74) is -0.177. The number of phenols is 1. The number of benzene rings is 1. The zero-order chi connectivity index (χ0) is 14.7. The van der Waals surface area contributed by atoms with Gasteiger partial charge >= 0.3 is 5.97 Å². The largest absolute Gasteiger partial charge is 0.506 e. The van der Waals surface area contributed by atoms with Crippen LogP contribution in [-0.4, -0.2) is 27.1 Å². The number of carbonyl (C=O) groups excluding carboxylic acids is 1. The van der Waals surface area contributed by atoms with E-state index in [2.05, 4.69) is 10.3 Å². The van der Waals surface area contributed by atoms with Crippen molar-refractivity contribution in [3.05, 3.63) is 53.6 Å². The average Bonchev–Trinajstić information content (AvgIpc) is 2.41. The number of pyridine rings is 1. The van der Waals surface area contributed by atoms with E-state index >= 15 is 0 Å². The van der Waals surface area contributed by atoms with E-state index in [-0.39, 0.29) is 22.6 Å². The lowest BCUT2D eigenvalue weighted by molar-refractivity contribution is 0.0696. The molecule has 0 aliphatic heterocycles. The van der Waals surface area contributed by atoms with Crippen LogP contribution in [0.25, 0.3) is 0 Å².